The van der Waals surface area contributed by atoms with Crippen molar-refractivity contribution in [2.75, 3.05) is 105 Å². The maximum absolute atomic E-state index is 12.7. The van der Waals surface area contributed by atoms with Crippen LogP contribution in [0.2, 0.25) is 0 Å². The van der Waals surface area contributed by atoms with Gasteiger partial charge in [0.1, 0.15) is 0 Å². The summed E-state index contributed by atoms with van der Waals surface area (Å²) in [6.07, 6.45) is 0. The number of rotatable bonds is 19. The Labute approximate surface area is 196 Å². The van der Waals surface area contributed by atoms with Gasteiger partial charge in [-0.05, 0) is 0 Å². The zero-order valence-corrected chi connectivity index (χ0v) is 19.3. The van der Waals surface area contributed by atoms with Gasteiger partial charge in [0.2, 0.25) is 0 Å². The first-order valence-electron chi connectivity index (χ1n) is 11.2. The first kappa shape index (κ1) is 28.1. The highest BCUT2D eigenvalue weighted by Crippen LogP contribution is 2.08. The lowest BCUT2D eigenvalue weighted by atomic mass is 10.3. The second-order valence-corrected chi connectivity index (χ2v) is 7.54. The van der Waals surface area contributed by atoms with Crippen LogP contribution < -0.4 is 16.0 Å². The normalized spacial score (nSPS) is 13.2. The molecule has 0 aromatic rings. The lowest BCUT2D eigenvalue weighted by Gasteiger charge is -2.27. The molecule has 1 heterocycles. The SMILES string of the molecule is N#CCNCCNCCN1CCN(CCN(CCNCC#N)CCN(CC#N)CC#N)C1=O. The molecule has 0 atom stereocenters. The average Bonchev–Trinajstić information content (AvgIpc) is 3.16. The monoisotopic (exact) mass is 457 g/mol. The number of hydrogen-bond donors (Lipinski definition) is 3. The fourth-order valence-corrected chi connectivity index (χ4v) is 3.38. The second kappa shape index (κ2) is 18.6. The van der Waals surface area contributed by atoms with Gasteiger partial charge in [-0.25, -0.2) is 4.79 Å². The zero-order valence-electron chi connectivity index (χ0n) is 19.3. The van der Waals surface area contributed by atoms with Crippen molar-refractivity contribution in [1.29, 1.82) is 21.0 Å². The summed E-state index contributed by atoms with van der Waals surface area (Å²) >= 11 is 0. The molecule has 0 saturated carbocycles. The molecule has 1 fully saturated rings. The van der Waals surface area contributed by atoms with Gasteiger partial charge < -0.3 is 25.8 Å². The van der Waals surface area contributed by atoms with Crippen LogP contribution in [0, 0.1) is 45.3 Å². The molecule has 0 aliphatic carbocycles. The van der Waals surface area contributed by atoms with Crippen LogP contribution in [0.5, 0.6) is 0 Å². The molecule has 3 N–H and O–H groups in total. The van der Waals surface area contributed by atoms with Gasteiger partial charge >= 0.3 is 6.03 Å². The van der Waals surface area contributed by atoms with E-state index in [1.807, 2.05) is 15.9 Å². The van der Waals surface area contributed by atoms with E-state index in [-0.39, 0.29) is 25.7 Å². The third-order valence-corrected chi connectivity index (χ3v) is 5.24. The molecule has 0 bridgehead atoms. The van der Waals surface area contributed by atoms with E-state index in [1.54, 1.807) is 4.90 Å². The molecule has 0 aromatic heterocycles. The smallest absolute Gasteiger partial charge is 0.320 e. The Bertz CT molecular complexity index is 702. The van der Waals surface area contributed by atoms with Gasteiger partial charge in [0.05, 0.1) is 50.5 Å². The number of nitrogens with one attached hydrogen (secondary N) is 3. The van der Waals surface area contributed by atoms with E-state index in [2.05, 4.69) is 39.1 Å². The van der Waals surface area contributed by atoms with E-state index >= 15 is 0 Å². The van der Waals surface area contributed by atoms with Crippen LogP contribution in [0.15, 0.2) is 0 Å². The number of hydrogen-bond acceptors (Lipinski definition) is 10. The summed E-state index contributed by atoms with van der Waals surface area (Å²) in [4.78, 5) is 20.4. The molecule has 0 unspecified atom stereocenters. The van der Waals surface area contributed by atoms with Crippen molar-refractivity contribution in [3.63, 3.8) is 0 Å². The van der Waals surface area contributed by atoms with Crippen molar-refractivity contribution in [3.8, 4) is 24.3 Å². The quantitative estimate of drug-likeness (QED) is 0.149. The van der Waals surface area contributed by atoms with Crippen molar-refractivity contribution in [1.82, 2.24) is 35.6 Å². The maximum atomic E-state index is 12.7. The Morgan fingerprint density at radius 1 is 0.667 bits per heavy atom. The Morgan fingerprint density at radius 3 is 1.88 bits per heavy atom. The first-order chi connectivity index (χ1) is 16.2. The van der Waals surface area contributed by atoms with Crippen molar-refractivity contribution in [3.05, 3.63) is 0 Å². The largest absolute Gasteiger partial charge is 0.322 e. The van der Waals surface area contributed by atoms with Crippen molar-refractivity contribution >= 4 is 6.03 Å². The van der Waals surface area contributed by atoms with E-state index in [4.69, 9.17) is 21.0 Å². The van der Waals surface area contributed by atoms with Crippen LogP contribution in [-0.2, 0) is 0 Å². The van der Waals surface area contributed by atoms with E-state index in [9.17, 15) is 4.79 Å². The Hall–Kier alpha value is -2.97. The highest BCUT2D eigenvalue weighted by Gasteiger charge is 2.27. The molecule has 12 heteroatoms. The first-order valence-corrected chi connectivity index (χ1v) is 11.2. The highest BCUT2D eigenvalue weighted by atomic mass is 16.2. The summed E-state index contributed by atoms with van der Waals surface area (Å²) in [5.41, 5.74) is 0. The highest BCUT2D eigenvalue weighted by molar-refractivity contribution is 5.76. The van der Waals surface area contributed by atoms with Crippen molar-refractivity contribution in [2.24, 2.45) is 0 Å². The van der Waals surface area contributed by atoms with E-state index < -0.39 is 0 Å². The van der Waals surface area contributed by atoms with Crippen LogP contribution in [0.1, 0.15) is 0 Å². The molecule has 1 rings (SSSR count). The topological polar surface area (TPSA) is 161 Å². The minimum absolute atomic E-state index is 0.0394. The Balaban J connectivity index is 2.41. The van der Waals surface area contributed by atoms with E-state index in [0.29, 0.717) is 78.5 Å². The summed E-state index contributed by atoms with van der Waals surface area (Å²) in [7, 11) is 0. The number of carbonyl (C=O) groups is 1. The number of amides is 2. The predicted molar refractivity (Wildman–Crippen MR) is 122 cm³/mol. The van der Waals surface area contributed by atoms with Gasteiger partial charge in [-0.3, -0.25) is 9.80 Å². The summed E-state index contributed by atoms with van der Waals surface area (Å²) in [6, 6.07) is 8.30. The molecule has 1 saturated heterocycles. The third kappa shape index (κ3) is 12.6. The molecule has 1 aliphatic heterocycles. The number of carbonyl (C=O) groups excluding carboxylic acids is 1. The van der Waals surface area contributed by atoms with Gasteiger partial charge in [0.15, 0.2) is 0 Å². The second-order valence-electron chi connectivity index (χ2n) is 7.54. The minimum Gasteiger partial charge on any atom is -0.322 e. The molecule has 0 aromatic carbocycles. The lowest BCUT2D eigenvalue weighted by Crippen LogP contribution is -2.44. The van der Waals surface area contributed by atoms with Crippen LogP contribution in [-0.4, -0.2) is 130 Å². The van der Waals surface area contributed by atoms with E-state index in [0.717, 1.165) is 6.54 Å². The fourth-order valence-electron chi connectivity index (χ4n) is 3.38. The number of nitriles is 4. The third-order valence-electron chi connectivity index (χ3n) is 5.24. The van der Waals surface area contributed by atoms with Crippen LogP contribution >= 0.6 is 0 Å². The standard InChI is InChI=1S/C21H35N11O/c22-1-5-26-7-8-28-10-14-31-19-20-32(21(31)33)18-17-30(13-9-27-6-2-23)16-15-29(11-3-24)12-4-25/h26-28H,5-20H2. The van der Waals surface area contributed by atoms with Gasteiger partial charge in [-0.15, -0.1) is 0 Å². The zero-order chi connectivity index (χ0) is 24.2. The molecule has 12 nitrogen and oxygen atoms in total. The van der Waals surface area contributed by atoms with E-state index in [1.165, 1.54) is 0 Å². The summed E-state index contributed by atoms with van der Waals surface area (Å²) in [6.45, 7) is 9.16. The van der Waals surface area contributed by atoms with Gasteiger partial charge in [-0.2, -0.15) is 21.0 Å². The lowest BCUT2D eigenvalue weighted by molar-refractivity contribution is 0.177. The predicted octanol–water partition coefficient (Wildman–Crippen LogP) is -1.81. The van der Waals surface area contributed by atoms with Gasteiger partial charge in [-0.1, -0.05) is 0 Å². The Kier molecular flexibility index (Phi) is 15.8. The van der Waals surface area contributed by atoms with Crippen LogP contribution in [0.3, 0.4) is 0 Å². The molecule has 0 radical (unpaired) electrons. The van der Waals surface area contributed by atoms with Gasteiger partial charge in [0.25, 0.3) is 0 Å². The average molecular weight is 458 g/mol. The number of urea groups is 1. The number of nitrogens with zero attached hydrogens (tertiary/aromatic N) is 8. The summed E-state index contributed by atoms with van der Waals surface area (Å²) in [5, 5.41) is 44.3. The van der Waals surface area contributed by atoms with Crippen LogP contribution in [0.25, 0.3) is 0 Å². The van der Waals surface area contributed by atoms with Gasteiger partial charge in [0, 0.05) is 78.5 Å². The molecule has 33 heavy (non-hydrogen) atoms. The molecular formula is C21H35N11O. The minimum atomic E-state index is 0.0394. The molecule has 0 spiro atoms. The van der Waals surface area contributed by atoms with Crippen LogP contribution in [0.4, 0.5) is 4.79 Å². The molecule has 180 valence electrons. The molecule has 1 aliphatic rings. The fraction of sp³-hybridized carbons (Fsp3) is 0.762. The van der Waals surface area contributed by atoms with Crippen molar-refractivity contribution < 1.29 is 4.79 Å². The van der Waals surface area contributed by atoms with Crippen molar-refractivity contribution in [2.45, 2.75) is 0 Å². The Morgan fingerprint density at radius 2 is 1.24 bits per heavy atom. The maximum Gasteiger partial charge on any atom is 0.320 e. The molecular weight excluding hydrogens is 422 g/mol. The summed E-state index contributed by atoms with van der Waals surface area (Å²) in [5.74, 6) is 0. The summed E-state index contributed by atoms with van der Waals surface area (Å²) < 4.78 is 0. The molecule has 2 amide bonds.